The first-order valence-corrected chi connectivity index (χ1v) is 8.09. The fourth-order valence-electron chi connectivity index (χ4n) is 2.83. The maximum atomic E-state index is 11.1. The van der Waals surface area contributed by atoms with Crippen molar-refractivity contribution in [3.63, 3.8) is 0 Å². The third-order valence-corrected chi connectivity index (χ3v) is 4.48. The zero-order chi connectivity index (χ0) is 16.6. The van der Waals surface area contributed by atoms with Crippen molar-refractivity contribution in [2.24, 2.45) is 0 Å². The van der Waals surface area contributed by atoms with Gasteiger partial charge in [-0.25, -0.2) is 14.6 Å². The standard InChI is InChI=1S/C16H24N6O/c1-11(2)22-9-14(19-20-22)16(23)6-5-7-21(10-16)15-17-8-12(3)13(4)18-15/h8-9,11,23H,5-7,10H2,1-4H3. The van der Waals surface area contributed by atoms with E-state index in [0.717, 1.165) is 24.2 Å². The second kappa shape index (κ2) is 5.88. The van der Waals surface area contributed by atoms with Gasteiger partial charge < -0.3 is 10.0 Å². The molecule has 1 fully saturated rings. The van der Waals surface area contributed by atoms with E-state index in [1.165, 1.54) is 0 Å². The summed E-state index contributed by atoms with van der Waals surface area (Å²) in [6.45, 7) is 9.33. The van der Waals surface area contributed by atoms with Gasteiger partial charge in [-0.2, -0.15) is 0 Å². The number of hydrogen-bond acceptors (Lipinski definition) is 6. The van der Waals surface area contributed by atoms with Crippen LogP contribution in [0.1, 0.15) is 49.7 Å². The summed E-state index contributed by atoms with van der Waals surface area (Å²) in [7, 11) is 0. The van der Waals surface area contributed by atoms with Gasteiger partial charge in [0.05, 0.1) is 12.7 Å². The van der Waals surface area contributed by atoms with E-state index in [1.807, 2.05) is 45.0 Å². The third-order valence-electron chi connectivity index (χ3n) is 4.48. The molecule has 124 valence electrons. The molecule has 1 aliphatic rings. The molecule has 2 aromatic heterocycles. The van der Waals surface area contributed by atoms with Crippen molar-refractivity contribution in [3.8, 4) is 0 Å². The van der Waals surface area contributed by atoms with E-state index in [-0.39, 0.29) is 6.04 Å². The smallest absolute Gasteiger partial charge is 0.225 e. The van der Waals surface area contributed by atoms with Gasteiger partial charge in [0, 0.05) is 24.5 Å². The first kappa shape index (κ1) is 15.9. The number of hydrogen-bond donors (Lipinski definition) is 1. The molecule has 0 radical (unpaired) electrons. The summed E-state index contributed by atoms with van der Waals surface area (Å²) >= 11 is 0. The number of β-amino-alcohol motifs (C(OH)–C–C–N with tert-alkyl or cyclic N) is 1. The first-order valence-electron chi connectivity index (χ1n) is 8.09. The second-order valence-electron chi connectivity index (χ2n) is 6.67. The Hall–Kier alpha value is -2.02. The summed E-state index contributed by atoms with van der Waals surface area (Å²) in [5.41, 5.74) is 1.66. The molecule has 1 N–H and O–H groups in total. The van der Waals surface area contributed by atoms with Crippen LogP contribution in [-0.2, 0) is 5.60 Å². The number of rotatable bonds is 3. The molecule has 0 aliphatic carbocycles. The SMILES string of the molecule is Cc1cnc(N2CCCC(O)(c3cn(C(C)C)nn3)C2)nc1C. The number of anilines is 1. The quantitative estimate of drug-likeness (QED) is 0.929. The highest BCUT2D eigenvalue weighted by atomic mass is 16.3. The number of aromatic nitrogens is 5. The molecule has 0 bridgehead atoms. The van der Waals surface area contributed by atoms with E-state index in [2.05, 4.69) is 20.3 Å². The van der Waals surface area contributed by atoms with Crippen LogP contribution in [0.15, 0.2) is 12.4 Å². The van der Waals surface area contributed by atoms with E-state index in [4.69, 9.17) is 0 Å². The lowest BCUT2D eigenvalue weighted by atomic mass is 9.90. The topological polar surface area (TPSA) is 80.0 Å². The van der Waals surface area contributed by atoms with Gasteiger partial charge in [0.1, 0.15) is 11.3 Å². The molecule has 1 aliphatic heterocycles. The van der Waals surface area contributed by atoms with Crippen LogP contribution in [0.25, 0.3) is 0 Å². The Labute approximate surface area is 136 Å². The fraction of sp³-hybridized carbons (Fsp3) is 0.625. The van der Waals surface area contributed by atoms with Crippen molar-refractivity contribution in [2.45, 2.75) is 52.2 Å². The minimum atomic E-state index is -1.01. The summed E-state index contributed by atoms with van der Waals surface area (Å²) in [6.07, 6.45) is 5.21. The summed E-state index contributed by atoms with van der Waals surface area (Å²) in [5, 5.41) is 19.4. The summed E-state index contributed by atoms with van der Waals surface area (Å²) < 4.78 is 1.78. The number of aliphatic hydroxyl groups is 1. The highest BCUT2D eigenvalue weighted by Crippen LogP contribution is 2.32. The van der Waals surface area contributed by atoms with Gasteiger partial charge in [-0.1, -0.05) is 5.21 Å². The molecule has 23 heavy (non-hydrogen) atoms. The highest BCUT2D eigenvalue weighted by Gasteiger charge is 2.38. The van der Waals surface area contributed by atoms with E-state index >= 15 is 0 Å². The first-order chi connectivity index (χ1) is 10.9. The maximum Gasteiger partial charge on any atom is 0.225 e. The lowest BCUT2D eigenvalue weighted by Crippen LogP contribution is -2.47. The van der Waals surface area contributed by atoms with Crippen molar-refractivity contribution in [2.75, 3.05) is 18.0 Å². The molecule has 3 heterocycles. The third kappa shape index (κ3) is 3.06. The second-order valence-corrected chi connectivity index (χ2v) is 6.67. The van der Waals surface area contributed by atoms with Crippen molar-refractivity contribution >= 4 is 5.95 Å². The Morgan fingerprint density at radius 2 is 2.09 bits per heavy atom. The van der Waals surface area contributed by atoms with Crippen LogP contribution in [0, 0.1) is 13.8 Å². The maximum absolute atomic E-state index is 11.1. The Bertz CT molecular complexity index is 698. The van der Waals surface area contributed by atoms with Gasteiger partial charge in [-0.05, 0) is 46.1 Å². The minimum absolute atomic E-state index is 0.225. The molecule has 0 saturated carbocycles. The van der Waals surface area contributed by atoms with Crippen LogP contribution < -0.4 is 4.90 Å². The van der Waals surface area contributed by atoms with Crippen LogP contribution in [-0.4, -0.2) is 43.2 Å². The van der Waals surface area contributed by atoms with E-state index in [0.29, 0.717) is 24.6 Å². The Balaban J connectivity index is 1.85. The van der Waals surface area contributed by atoms with Gasteiger partial charge in [-0.3, -0.25) is 0 Å². The Kier molecular flexibility index (Phi) is 4.06. The molecular weight excluding hydrogens is 292 g/mol. The monoisotopic (exact) mass is 316 g/mol. The summed E-state index contributed by atoms with van der Waals surface area (Å²) in [4.78, 5) is 11.0. The zero-order valence-corrected chi connectivity index (χ0v) is 14.2. The van der Waals surface area contributed by atoms with E-state index in [9.17, 15) is 5.11 Å². The van der Waals surface area contributed by atoms with Gasteiger partial charge in [0.25, 0.3) is 0 Å². The molecule has 0 spiro atoms. The lowest BCUT2D eigenvalue weighted by molar-refractivity contribution is 0.0172. The number of nitrogens with zero attached hydrogens (tertiary/aromatic N) is 6. The molecule has 7 nitrogen and oxygen atoms in total. The summed E-state index contributed by atoms with van der Waals surface area (Å²) in [5.74, 6) is 0.669. The average molecular weight is 316 g/mol. The van der Waals surface area contributed by atoms with E-state index in [1.54, 1.807) is 4.68 Å². The molecule has 0 aromatic carbocycles. The van der Waals surface area contributed by atoms with Crippen LogP contribution >= 0.6 is 0 Å². The van der Waals surface area contributed by atoms with Crippen LogP contribution in [0.2, 0.25) is 0 Å². The van der Waals surface area contributed by atoms with Crippen LogP contribution in [0.5, 0.6) is 0 Å². The Morgan fingerprint density at radius 3 is 2.74 bits per heavy atom. The molecule has 3 rings (SSSR count). The van der Waals surface area contributed by atoms with Crippen molar-refractivity contribution in [3.05, 3.63) is 29.3 Å². The zero-order valence-electron chi connectivity index (χ0n) is 14.2. The molecule has 1 unspecified atom stereocenters. The van der Waals surface area contributed by atoms with Gasteiger partial charge >= 0.3 is 0 Å². The number of aryl methyl sites for hydroxylation is 2. The molecule has 7 heteroatoms. The number of piperidine rings is 1. The van der Waals surface area contributed by atoms with Crippen LogP contribution in [0.4, 0.5) is 5.95 Å². The van der Waals surface area contributed by atoms with Gasteiger partial charge in [-0.15, -0.1) is 5.10 Å². The van der Waals surface area contributed by atoms with Gasteiger partial charge in [0.2, 0.25) is 5.95 Å². The predicted molar refractivity (Wildman–Crippen MR) is 87.3 cm³/mol. The highest BCUT2D eigenvalue weighted by molar-refractivity contribution is 5.35. The largest absolute Gasteiger partial charge is 0.382 e. The normalized spacial score (nSPS) is 21.9. The lowest BCUT2D eigenvalue weighted by Gasteiger charge is -2.38. The average Bonchev–Trinajstić information content (AvgIpc) is 3.01. The molecule has 1 saturated heterocycles. The van der Waals surface area contributed by atoms with Crippen LogP contribution in [0.3, 0.4) is 0 Å². The molecule has 1 atom stereocenters. The minimum Gasteiger partial charge on any atom is -0.382 e. The molecular formula is C16H24N6O. The van der Waals surface area contributed by atoms with Crippen molar-refractivity contribution in [1.82, 2.24) is 25.0 Å². The molecule has 0 amide bonds. The van der Waals surface area contributed by atoms with Gasteiger partial charge in [0.15, 0.2) is 0 Å². The Morgan fingerprint density at radius 1 is 1.30 bits per heavy atom. The summed E-state index contributed by atoms with van der Waals surface area (Å²) in [6, 6.07) is 0.225. The molecule has 2 aromatic rings. The fourth-order valence-corrected chi connectivity index (χ4v) is 2.83. The van der Waals surface area contributed by atoms with E-state index < -0.39 is 5.60 Å². The van der Waals surface area contributed by atoms with Crippen molar-refractivity contribution < 1.29 is 5.11 Å². The predicted octanol–water partition coefficient (Wildman–Crippen LogP) is 1.75. The van der Waals surface area contributed by atoms with Crippen molar-refractivity contribution in [1.29, 1.82) is 0 Å².